The molecule has 0 radical (unpaired) electrons. The second-order valence-electron chi connectivity index (χ2n) is 6.75. The molecule has 3 aromatic rings. The van der Waals surface area contributed by atoms with Crippen LogP contribution in [0, 0.1) is 0 Å². The molecule has 0 saturated heterocycles. The first-order chi connectivity index (χ1) is 13.6. The van der Waals surface area contributed by atoms with Gasteiger partial charge in [-0.15, -0.1) is 17.9 Å². The van der Waals surface area contributed by atoms with Crippen LogP contribution < -0.4 is 10.3 Å². The summed E-state index contributed by atoms with van der Waals surface area (Å²) in [5, 5.41) is 15.2. The van der Waals surface area contributed by atoms with Gasteiger partial charge in [-0.1, -0.05) is 6.08 Å². The van der Waals surface area contributed by atoms with Gasteiger partial charge >= 0.3 is 0 Å². The second kappa shape index (κ2) is 7.59. The van der Waals surface area contributed by atoms with Crippen LogP contribution in [0.1, 0.15) is 34.4 Å². The summed E-state index contributed by atoms with van der Waals surface area (Å²) in [4.78, 5) is 19.5. The van der Waals surface area contributed by atoms with E-state index in [1.54, 1.807) is 35.8 Å². The topological polar surface area (TPSA) is 76.7 Å². The minimum Gasteiger partial charge on any atom is -0.504 e. The molecule has 0 bridgehead atoms. The summed E-state index contributed by atoms with van der Waals surface area (Å²) < 4.78 is 6.51. The predicted molar refractivity (Wildman–Crippen MR) is 112 cm³/mol. The molecule has 2 heterocycles. The van der Waals surface area contributed by atoms with E-state index in [4.69, 9.17) is 4.74 Å². The van der Waals surface area contributed by atoms with E-state index in [2.05, 4.69) is 16.7 Å². The number of phenols is 1. The molecule has 1 aromatic carbocycles. The number of aromatic nitrogens is 2. The number of ether oxygens (including phenoxy) is 1. The van der Waals surface area contributed by atoms with Gasteiger partial charge in [0.1, 0.15) is 11.2 Å². The monoisotopic (exact) mass is 395 g/mol. The molecule has 0 atom stereocenters. The number of benzene rings is 1. The molecule has 28 heavy (non-hydrogen) atoms. The zero-order valence-corrected chi connectivity index (χ0v) is 16.5. The van der Waals surface area contributed by atoms with Crippen molar-refractivity contribution in [2.45, 2.75) is 32.1 Å². The number of aromatic hydroxyl groups is 1. The third-order valence-corrected chi connectivity index (χ3v) is 6.15. The molecule has 6 nitrogen and oxygen atoms in total. The van der Waals surface area contributed by atoms with Crippen molar-refractivity contribution in [2.24, 2.45) is 5.10 Å². The van der Waals surface area contributed by atoms with E-state index in [-0.39, 0.29) is 11.3 Å². The molecule has 0 spiro atoms. The Morgan fingerprint density at radius 2 is 2.21 bits per heavy atom. The highest BCUT2D eigenvalue weighted by Gasteiger charge is 2.19. The number of phenolic OH excluding ortho intramolecular Hbond substituents is 1. The lowest BCUT2D eigenvalue weighted by atomic mass is 9.97. The third-order valence-electron chi connectivity index (χ3n) is 4.95. The van der Waals surface area contributed by atoms with Gasteiger partial charge in [0, 0.05) is 10.4 Å². The van der Waals surface area contributed by atoms with Gasteiger partial charge in [0.15, 0.2) is 11.5 Å². The fourth-order valence-electron chi connectivity index (χ4n) is 3.58. The van der Waals surface area contributed by atoms with E-state index < -0.39 is 0 Å². The highest BCUT2D eigenvalue weighted by Crippen LogP contribution is 2.33. The Balaban J connectivity index is 1.75. The summed E-state index contributed by atoms with van der Waals surface area (Å²) in [6.07, 6.45) is 9.47. The summed E-state index contributed by atoms with van der Waals surface area (Å²) in [5.74, 6) is 0.443. The van der Waals surface area contributed by atoms with Gasteiger partial charge in [-0.05, 0) is 55.4 Å². The van der Waals surface area contributed by atoms with Crippen LogP contribution in [0.3, 0.4) is 0 Å². The highest BCUT2D eigenvalue weighted by molar-refractivity contribution is 7.18. The molecule has 0 unspecified atom stereocenters. The van der Waals surface area contributed by atoms with Crippen molar-refractivity contribution >= 4 is 27.8 Å². The maximum absolute atomic E-state index is 13.0. The van der Waals surface area contributed by atoms with Crippen molar-refractivity contribution in [3.05, 3.63) is 63.0 Å². The average Bonchev–Trinajstić information content (AvgIpc) is 3.09. The number of fused-ring (bicyclic) bond motifs is 3. The van der Waals surface area contributed by atoms with Crippen LogP contribution in [0.15, 0.2) is 41.0 Å². The Bertz CT molecular complexity index is 1140. The quantitative estimate of drug-likeness (QED) is 0.528. The summed E-state index contributed by atoms with van der Waals surface area (Å²) in [5.41, 5.74) is 2.40. The van der Waals surface area contributed by atoms with E-state index in [9.17, 15) is 9.90 Å². The highest BCUT2D eigenvalue weighted by atomic mass is 32.1. The molecular formula is C21H21N3O3S. The van der Waals surface area contributed by atoms with Crippen molar-refractivity contribution in [1.29, 1.82) is 0 Å². The molecule has 1 aliphatic carbocycles. The first-order valence-electron chi connectivity index (χ1n) is 9.19. The molecular weight excluding hydrogens is 374 g/mol. The SMILES string of the molecule is C=CCc1cc(C=Nn2cnc3sc4c(c3c2=O)CCCC4)cc(OC)c1O. The van der Waals surface area contributed by atoms with Crippen LogP contribution in [0.2, 0.25) is 0 Å². The summed E-state index contributed by atoms with van der Waals surface area (Å²) >= 11 is 1.62. The van der Waals surface area contributed by atoms with Crippen molar-refractivity contribution < 1.29 is 9.84 Å². The van der Waals surface area contributed by atoms with Gasteiger partial charge in [0.05, 0.1) is 18.7 Å². The molecule has 7 heteroatoms. The van der Waals surface area contributed by atoms with E-state index in [0.717, 1.165) is 29.7 Å². The maximum Gasteiger partial charge on any atom is 0.282 e. The number of nitrogens with zero attached hydrogens (tertiary/aromatic N) is 3. The van der Waals surface area contributed by atoms with Crippen molar-refractivity contribution in [3.63, 3.8) is 0 Å². The van der Waals surface area contributed by atoms with Gasteiger partial charge in [-0.25, -0.2) is 4.98 Å². The fraction of sp³-hybridized carbons (Fsp3) is 0.286. The molecule has 0 amide bonds. The Morgan fingerprint density at radius 1 is 1.39 bits per heavy atom. The maximum atomic E-state index is 13.0. The third kappa shape index (κ3) is 3.22. The summed E-state index contributed by atoms with van der Waals surface area (Å²) in [7, 11) is 1.50. The Hall–Kier alpha value is -2.93. The zero-order valence-electron chi connectivity index (χ0n) is 15.6. The Kier molecular flexibility index (Phi) is 5.00. The van der Waals surface area contributed by atoms with Gasteiger partial charge in [0.25, 0.3) is 5.56 Å². The number of aryl methyl sites for hydroxylation is 2. The number of rotatable bonds is 5. The molecule has 4 rings (SSSR count). The average molecular weight is 395 g/mol. The lowest BCUT2D eigenvalue weighted by molar-refractivity contribution is 0.371. The number of thiophene rings is 1. The first-order valence-corrected chi connectivity index (χ1v) is 10.0. The number of methoxy groups -OCH3 is 1. The Morgan fingerprint density at radius 3 is 3.00 bits per heavy atom. The molecule has 1 N–H and O–H groups in total. The van der Waals surface area contributed by atoms with Crippen LogP contribution in [-0.2, 0) is 19.3 Å². The van der Waals surface area contributed by atoms with E-state index in [0.29, 0.717) is 28.7 Å². The minimum atomic E-state index is -0.141. The minimum absolute atomic E-state index is 0.0877. The second-order valence-corrected chi connectivity index (χ2v) is 7.84. The van der Waals surface area contributed by atoms with Gasteiger partial charge in [-0.2, -0.15) is 9.78 Å². The van der Waals surface area contributed by atoms with E-state index in [1.807, 2.05) is 0 Å². The Labute approximate surface area is 166 Å². The summed E-state index contributed by atoms with van der Waals surface area (Å²) in [6, 6.07) is 3.47. The smallest absolute Gasteiger partial charge is 0.282 e. The van der Waals surface area contributed by atoms with Crippen LogP contribution in [0.5, 0.6) is 11.5 Å². The normalized spacial score (nSPS) is 13.8. The van der Waals surface area contributed by atoms with Crippen LogP contribution in [0.4, 0.5) is 0 Å². The van der Waals surface area contributed by atoms with Crippen molar-refractivity contribution in [3.8, 4) is 11.5 Å². The van der Waals surface area contributed by atoms with Crippen LogP contribution >= 0.6 is 11.3 Å². The predicted octanol–water partition coefficient (Wildman–Crippen LogP) is 3.66. The lowest BCUT2D eigenvalue weighted by Crippen LogP contribution is -2.18. The van der Waals surface area contributed by atoms with Gasteiger partial charge in [0.2, 0.25) is 0 Å². The first kappa shape index (κ1) is 18.4. The molecule has 144 valence electrons. The van der Waals surface area contributed by atoms with Gasteiger partial charge in [-0.3, -0.25) is 4.79 Å². The molecule has 0 saturated carbocycles. The molecule has 0 aliphatic heterocycles. The number of hydrogen-bond acceptors (Lipinski definition) is 6. The molecule has 2 aromatic heterocycles. The van der Waals surface area contributed by atoms with Crippen LogP contribution in [-0.4, -0.2) is 28.1 Å². The lowest BCUT2D eigenvalue weighted by Gasteiger charge is -2.10. The van der Waals surface area contributed by atoms with Gasteiger partial charge < -0.3 is 9.84 Å². The fourth-order valence-corrected chi connectivity index (χ4v) is 4.80. The molecule has 1 aliphatic rings. The van der Waals surface area contributed by atoms with Crippen molar-refractivity contribution in [1.82, 2.24) is 9.66 Å². The van der Waals surface area contributed by atoms with E-state index >= 15 is 0 Å². The number of hydrogen-bond donors (Lipinski definition) is 1. The summed E-state index contributed by atoms with van der Waals surface area (Å²) in [6.45, 7) is 3.71. The largest absolute Gasteiger partial charge is 0.504 e. The van der Waals surface area contributed by atoms with Crippen LogP contribution in [0.25, 0.3) is 10.2 Å². The standard InChI is InChI=1S/C21H21N3O3S/c1-3-6-14-9-13(10-16(27-2)19(14)25)11-23-24-12-22-20-18(21(24)26)15-7-4-5-8-17(15)28-20/h3,9-12,25H,1,4-8H2,2H3. The zero-order chi connectivity index (χ0) is 19.7. The van der Waals surface area contributed by atoms with Crippen molar-refractivity contribution in [2.75, 3.05) is 7.11 Å². The number of allylic oxidation sites excluding steroid dienone is 1. The molecule has 0 fully saturated rings. The van der Waals surface area contributed by atoms with E-state index in [1.165, 1.54) is 29.4 Å².